The van der Waals surface area contributed by atoms with E-state index in [1.54, 1.807) is 12.1 Å². The number of halogens is 2. The molecule has 17 rings (SSSR count). The largest absolute Gasteiger partial charge is 0.488 e. The van der Waals surface area contributed by atoms with Crippen molar-refractivity contribution in [3.8, 4) is 22.3 Å². The van der Waals surface area contributed by atoms with Crippen LogP contribution in [-0.2, 0) is 0 Å². The van der Waals surface area contributed by atoms with E-state index in [0.29, 0.717) is 5.46 Å². The standard InChI is InChI=1S/C52H36N2.C18H16BNO2.C16H8Br2.CH4/c1-5-17-43(18-6-1)53(44-19-7-2-8-20-44)47-25-13-15-38(35-47)42-33-40-28-27-37-29-31-49(50-32-30-41(34-42)51(40)52(37)50)39-16-14-26-48(36-39)54(45-21-9-3-10-22-45)46-23-11-4-12-24-46;21-19(22)15-8-7-13-18(14-15)20(16-9-3-1-4-10-16)17-11-5-2-6-12-17;17-12-7-10-2-1-9-4-6-14(18)13-5-3-11(8-12)15(10)16(9)13;/h1-36H;1-14,21-22H;1-8H;1H4. The number of benzene rings is 17. The molecule has 0 aliphatic carbocycles. The van der Waals surface area contributed by atoms with Crippen LogP contribution >= 0.6 is 31.9 Å². The Morgan fingerprint density at radius 3 is 1.01 bits per heavy atom. The Hall–Kier alpha value is -10.8. The van der Waals surface area contributed by atoms with Crippen molar-refractivity contribution in [2.24, 2.45) is 0 Å². The second-order valence-corrected chi connectivity index (χ2v) is 25.1. The van der Waals surface area contributed by atoms with Gasteiger partial charge in [0.2, 0.25) is 0 Å². The zero-order valence-corrected chi connectivity index (χ0v) is 54.2. The quantitative estimate of drug-likeness (QED) is 0.0943. The van der Waals surface area contributed by atoms with Gasteiger partial charge in [-0.1, -0.05) is 252 Å². The zero-order valence-electron chi connectivity index (χ0n) is 51.1. The van der Waals surface area contributed by atoms with Crippen LogP contribution in [0.1, 0.15) is 7.43 Å². The Kier molecular flexibility index (Phi) is 17.8. The van der Waals surface area contributed by atoms with Gasteiger partial charge >= 0.3 is 7.12 Å². The highest BCUT2D eigenvalue weighted by molar-refractivity contribution is 9.11. The average Bonchev–Trinajstić information content (AvgIpc) is 0.740. The lowest BCUT2D eigenvalue weighted by molar-refractivity contribution is 0.426. The van der Waals surface area contributed by atoms with E-state index in [-0.39, 0.29) is 7.43 Å². The average molecular weight is 1350 g/mol. The van der Waals surface area contributed by atoms with Crippen molar-refractivity contribution < 1.29 is 10.0 Å². The molecule has 0 unspecified atom stereocenters. The zero-order chi connectivity index (χ0) is 63.5. The molecule has 5 nitrogen and oxygen atoms in total. The molecule has 8 heteroatoms. The summed E-state index contributed by atoms with van der Waals surface area (Å²) in [6, 6.07) is 123. The summed E-state index contributed by atoms with van der Waals surface area (Å²) < 4.78 is 2.29. The minimum atomic E-state index is -1.48. The Labute approximate surface area is 571 Å². The third-order valence-corrected chi connectivity index (χ3v) is 18.6. The van der Waals surface area contributed by atoms with Crippen LogP contribution in [0.25, 0.3) is 86.9 Å². The van der Waals surface area contributed by atoms with Crippen molar-refractivity contribution in [3.05, 3.63) is 361 Å². The monoisotopic (exact) mass is 1350 g/mol. The summed E-state index contributed by atoms with van der Waals surface area (Å²) in [6.45, 7) is 0. The van der Waals surface area contributed by atoms with Crippen molar-refractivity contribution in [2.45, 2.75) is 7.43 Å². The molecule has 456 valence electrons. The van der Waals surface area contributed by atoms with E-state index < -0.39 is 7.12 Å². The van der Waals surface area contributed by atoms with E-state index in [9.17, 15) is 10.0 Å². The SMILES string of the molecule is Brc1cc2ccc3ccc(Br)c4ccc(c1)c2c34.C.OB(O)c1cccc(N(c2ccccc2)c2ccccc2)c1.c1ccc(N(c2ccccc2)c2cccc(-c3cc4ccc5ccc(-c6cccc(N(c7ccccc7)c7ccccc7)c6)c6ccc(c3)c4c56)c2)cc1. The highest BCUT2D eigenvalue weighted by Crippen LogP contribution is 2.45. The first kappa shape index (κ1) is 61.7. The van der Waals surface area contributed by atoms with Gasteiger partial charge in [-0.15, -0.1) is 0 Å². The first-order chi connectivity index (χ1) is 46.3. The molecule has 0 fully saturated rings. The summed E-state index contributed by atoms with van der Waals surface area (Å²) in [5, 5.41) is 34.3. The van der Waals surface area contributed by atoms with Gasteiger partial charge in [0.15, 0.2) is 0 Å². The molecule has 0 radical (unpaired) electrons. The van der Waals surface area contributed by atoms with E-state index in [1.807, 2.05) is 72.8 Å². The first-order valence-electron chi connectivity index (χ1n) is 31.4. The Morgan fingerprint density at radius 1 is 0.242 bits per heavy atom. The summed E-state index contributed by atoms with van der Waals surface area (Å²) in [4.78, 5) is 6.73. The van der Waals surface area contributed by atoms with Gasteiger partial charge in [0.1, 0.15) is 0 Å². The second-order valence-electron chi connectivity index (χ2n) is 23.3. The van der Waals surface area contributed by atoms with Crippen LogP contribution in [0.3, 0.4) is 0 Å². The normalized spacial score (nSPS) is 11.1. The summed E-state index contributed by atoms with van der Waals surface area (Å²) in [6.07, 6.45) is 0. The third kappa shape index (κ3) is 12.5. The molecular formula is C87H64BBr2N3O2. The van der Waals surface area contributed by atoms with Crippen LogP contribution < -0.4 is 20.2 Å². The lowest BCUT2D eigenvalue weighted by Crippen LogP contribution is -2.30. The maximum absolute atomic E-state index is 9.41. The molecule has 17 aromatic carbocycles. The summed E-state index contributed by atoms with van der Waals surface area (Å²) >= 11 is 7.23. The summed E-state index contributed by atoms with van der Waals surface area (Å²) in [5.74, 6) is 0. The molecule has 0 amide bonds. The Morgan fingerprint density at radius 2 is 0.568 bits per heavy atom. The predicted octanol–water partition coefficient (Wildman–Crippen LogP) is 24.4. The van der Waals surface area contributed by atoms with Gasteiger partial charge in [-0.3, -0.25) is 0 Å². The van der Waals surface area contributed by atoms with Gasteiger partial charge in [0.25, 0.3) is 0 Å². The van der Waals surface area contributed by atoms with Gasteiger partial charge in [-0.05, 0) is 232 Å². The number of para-hydroxylation sites is 6. The molecule has 0 heterocycles. The van der Waals surface area contributed by atoms with Crippen LogP contribution in [0, 0.1) is 0 Å². The fourth-order valence-corrected chi connectivity index (χ4v) is 14.2. The molecule has 0 atom stereocenters. The molecule has 0 aliphatic rings. The van der Waals surface area contributed by atoms with Gasteiger partial charge in [-0.25, -0.2) is 0 Å². The minimum Gasteiger partial charge on any atom is -0.423 e. The van der Waals surface area contributed by atoms with Crippen LogP contribution in [0.4, 0.5) is 51.2 Å². The number of nitrogens with zero attached hydrogens (tertiary/aromatic N) is 3. The molecular weight excluding hydrogens is 1290 g/mol. The number of hydrogen-bond donors (Lipinski definition) is 2. The number of anilines is 9. The van der Waals surface area contributed by atoms with E-state index >= 15 is 0 Å². The minimum absolute atomic E-state index is 0. The molecule has 0 saturated heterocycles. The first-order valence-corrected chi connectivity index (χ1v) is 33.0. The second kappa shape index (κ2) is 27.4. The van der Waals surface area contributed by atoms with Crippen molar-refractivity contribution in [2.75, 3.05) is 14.7 Å². The predicted molar refractivity (Wildman–Crippen MR) is 414 cm³/mol. The lowest BCUT2D eigenvalue weighted by Gasteiger charge is -2.26. The van der Waals surface area contributed by atoms with E-state index in [2.05, 4.69) is 313 Å². The molecule has 0 bridgehead atoms. The van der Waals surface area contributed by atoms with Crippen LogP contribution in [0.2, 0.25) is 0 Å². The van der Waals surface area contributed by atoms with Gasteiger partial charge in [0.05, 0.1) is 0 Å². The summed E-state index contributed by atoms with van der Waals surface area (Å²) in [5.41, 5.74) is 15.0. The fourth-order valence-electron chi connectivity index (χ4n) is 13.2. The highest BCUT2D eigenvalue weighted by atomic mass is 79.9. The Bertz CT molecular complexity index is 5300. The van der Waals surface area contributed by atoms with Crippen molar-refractivity contribution in [1.82, 2.24) is 0 Å². The lowest BCUT2D eigenvalue weighted by atomic mass is 9.80. The van der Waals surface area contributed by atoms with E-state index in [1.165, 1.54) is 86.9 Å². The maximum Gasteiger partial charge on any atom is 0.488 e. The number of rotatable bonds is 12. The molecule has 2 N–H and O–H groups in total. The topological polar surface area (TPSA) is 50.2 Å². The van der Waals surface area contributed by atoms with Gasteiger partial charge in [-0.2, -0.15) is 0 Å². The molecule has 0 spiro atoms. The smallest absolute Gasteiger partial charge is 0.423 e. The number of hydrogen-bond acceptors (Lipinski definition) is 5. The Balaban J connectivity index is 0.000000154. The van der Waals surface area contributed by atoms with Crippen molar-refractivity contribution in [1.29, 1.82) is 0 Å². The molecule has 95 heavy (non-hydrogen) atoms. The molecule has 0 aliphatic heterocycles. The maximum atomic E-state index is 9.41. The van der Waals surface area contributed by atoms with Crippen molar-refractivity contribution >= 4 is 160 Å². The van der Waals surface area contributed by atoms with Gasteiger partial charge < -0.3 is 24.7 Å². The van der Waals surface area contributed by atoms with Crippen LogP contribution in [0.15, 0.2) is 361 Å². The van der Waals surface area contributed by atoms with E-state index in [4.69, 9.17) is 0 Å². The van der Waals surface area contributed by atoms with E-state index in [0.717, 1.165) is 60.1 Å². The summed E-state index contributed by atoms with van der Waals surface area (Å²) in [7, 11) is -1.48. The highest BCUT2D eigenvalue weighted by Gasteiger charge is 2.20. The van der Waals surface area contributed by atoms with Crippen LogP contribution in [0.5, 0.6) is 0 Å². The fraction of sp³-hybridized carbons (Fsp3) is 0.0115. The van der Waals surface area contributed by atoms with Gasteiger partial charge in [0, 0.05) is 60.1 Å². The third-order valence-electron chi connectivity index (χ3n) is 17.5. The molecule has 0 saturated carbocycles. The van der Waals surface area contributed by atoms with Crippen LogP contribution in [-0.4, -0.2) is 17.2 Å². The van der Waals surface area contributed by atoms with Crippen molar-refractivity contribution in [3.63, 3.8) is 0 Å². The molecule has 17 aromatic rings. The molecule has 0 aromatic heterocycles.